The monoisotopic (exact) mass is 219 g/mol. The molecule has 2 heteroatoms. The first kappa shape index (κ1) is 11.5. The fourth-order valence-electron chi connectivity index (χ4n) is 2.77. The lowest BCUT2D eigenvalue weighted by molar-refractivity contribution is 0.401. The van der Waals surface area contributed by atoms with Crippen LogP contribution in [0.2, 0.25) is 0 Å². The van der Waals surface area contributed by atoms with Gasteiger partial charge in [0.05, 0.1) is 7.11 Å². The maximum absolute atomic E-state index is 5.60. The first-order chi connectivity index (χ1) is 7.86. The maximum Gasteiger partial charge on any atom is 0.122 e. The molecule has 0 amide bonds. The third-order valence-corrected chi connectivity index (χ3v) is 3.57. The van der Waals surface area contributed by atoms with Gasteiger partial charge in [-0.1, -0.05) is 12.1 Å². The lowest BCUT2D eigenvalue weighted by Crippen LogP contribution is -2.12. The van der Waals surface area contributed by atoms with Crippen molar-refractivity contribution in [1.29, 1.82) is 0 Å². The van der Waals surface area contributed by atoms with Crippen molar-refractivity contribution >= 4 is 0 Å². The predicted molar refractivity (Wildman–Crippen MR) is 67.0 cm³/mol. The molecule has 1 aliphatic carbocycles. The molecule has 0 spiro atoms. The van der Waals surface area contributed by atoms with E-state index in [1.165, 1.54) is 36.8 Å². The van der Waals surface area contributed by atoms with Crippen LogP contribution in [0.25, 0.3) is 0 Å². The Bertz CT molecular complexity index is 349. The van der Waals surface area contributed by atoms with Gasteiger partial charge in [0.1, 0.15) is 5.75 Å². The molecular formula is C14H21NO. The van der Waals surface area contributed by atoms with Crippen LogP contribution in [0.3, 0.4) is 0 Å². The molecule has 2 nitrogen and oxygen atoms in total. The zero-order chi connectivity index (χ0) is 11.4. The molecule has 16 heavy (non-hydrogen) atoms. The van der Waals surface area contributed by atoms with E-state index in [2.05, 4.69) is 18.2 Å². The number of rotatable bonds is 4. The molecule has 0 saturated heterocycles. The molecular weight excluding hydrogens is 198 g/mol. The minimum absolute atomic E-state index is 0.697. The van der Waals surface area contributed by atoms with Gasteiger partial charge in [-0.05, 0) is 61.8 Å². The zero-order valence-electron chi connectivity index (χ0n) is 10.0. The largest absolute Gasteiger partial charge is 0.496 e. The smallest absolute Gasteiger partial charge is 0.122 e. The normalized spacial score (nSPS) is 19.2. The molecule has 1 aromatic rings. The first-order valence-electron chi connectivity index (χ1n) is 6.22. The van der Waals surface area contributed by atoms with Gasteiger partial charge in [-0.2, -0.15) is 0 Å². The molecule has 0 heterocycles. The number of ether oxygens (including phenoxy) is 1. The van der Waals surface area contributed by atoms with Gasteiger partial charge in [-0.3, -0.25) is 0 Å². The average Bonchev–Trinajstić information content (AvgIpc) is 2.35. The Labute approximate surface area is 97.8 Å². The van der Waals surface area contributed by atoms with Crippen molar-refractivity contribution in [3.63, 3.8) is 0 Å². The van der Waals surface area contributed by atoms with Crippen LogP contribution in [0.4, 0.5) is 0 Å². The van der Waals surface area contributed by atoms with E-state index in [-0.39, 0.29) is 0 Å². The van der Waals surface area contributed by atoms with E-state index in [9.17, 15) is 0 Å². The summed E-state index contributed by atoms with van der Waals surface area (Å²) < 4.78 is 5.44. The molecule has 2 N–H and O–H groups in total. The minimum atomic E-state index is 0.697. The zero-order valence-corrected chi connectivity index (χ0v) is 10.0. The molecule has 0 bridgehead atoms. The van der Waals surface area contributed by atoms with Crippen LogP contribution in [0.15, 0.2) is 18.2 Å². The molecule has 1 atom stereocenters. The Kier molecular flexibility index (Phi) is 3.83. The van der Waals surface area contributed by atoms with E-state index < -0.39 is 0 Å². The Morgan fingerprint density at radius 3 is 3.06 bits per heavy atom. The van der Waals surface area contributed by atoms with E-state index in [0.717, 1.165) is 18.7 Å². The lowest BCUT2D eigenvalue weighted by Gasteiger charge is -2.26. The van der Waals surface area contributed by atoms with Gasteiger partial charge in [-0.15, -0.1) is 0 Å². The number of methoxy groups -OCH3 is 1. The van der Waals surface area contributed by atoms with E-state index in [1.807, 2.05) is 0 Å². The summed E-state index contributed by atoms with van der Waals surface area (Å²) in [6.45, 7) is 0.801. The number of benzene rings is 1. The molecule has 0 unspecified atom stereocenters. The van der Waals surface area contributed by atoms with Gasteiger partial charge < -0.3 is 10.5 Å². The summed E-state index contributed by atoms with van der Waals surface area (Å²) >= 11 is 0. The maximum atomic E-state index is 5.60. The van der Waals surface area contributed by atoms with Crippen LogP contribution < -0.4 is 10.5 Å². The Morgan fingerprint density at radius 2 is 2.31 bits per heavy atom. The highest BCUT2D eigenvalue weighted by Gasteiger charge is 2.21. The van der Waals surface area contributed by atoms with E-state index in [4.69, 9.17) is 10.5 Å². The molecule has 2 rings (SSSR count). The first-order valence-corrected chi connectivity index (χ1v) is 6.22. The molecule has 0 aliphatic heterocycles. The summed E-state index contributed by atoms with van der Waals surface area (Å²) in [4.78, 5) is 0. The van der Waals surface area contributed by atoms with Crippen LogP contribution in [0.5, 0.6) is 5.75 Å². The van der Waals surface area contributed by atoms with E-state index in [1.54, 1.807) is 7.11 Å². The van der Waals surface area contributed by atoms with Gasteiger partial charge in [0.25, 0.3) is 0 Å². The molecule has 0 aromatic heterocycles. The van der Waals surface area contributed by atoms with Crippen molar-refractivity contribution in [2.75, 3.05) is 13.7 Å². The van der Waals surface area contributed by atoms with Crippen molar-refractivity contribution in [1.82, 2.24) is 0 Å². The van der Waals surface area contributed by atoms with Crippen molar-refractivity contribution in [2.45, 2.75) is 38.0 Å². The second-order valence-electron chi connectivity index (χ2n) is 4.55. The third-order valence-electron chi connectivity index (χ3n) is 3.57. The van der Waals surface area contributed by atoms with Gasteiger partial charge in [-0.25, -0.2) is 0 Å². The van der Waals surface area contributed by atoms with Crippen molar-refractivity contribution < 1.29 is 4.74 Å². The highest BCUT2D eigenvalue weighted by molar-refractivity contribution is 5.43. The summed E-state index contributed by atoms with van der Waals surface area (Å²) in [5.41, 5.74) is 8.53. The molecule has 0 saturated carbocycles. The predicted octanol–water partition coefficient (Wildman–Crippen LogP) is 2.85. The van der Waals surface area contributed by atoms with Crippen LogP contribution >= 0.6 is 0 Å². The highest BCUT2D eigenvalue weighted by Crippen LogP contribution is 2.38. The average molecular weight is 219 g/mol. The summed E-state index contributed by atoms with van der Waals surface area (Å²) in [5, 5.41) is 0. The van der Waals surface area contributed by atoms with Crippen LogP contribution in [-0.2, 0) is 6.42 Å². The minimum Gasteiger partial charge on any atom is -0.496 e. The lowest BCUT2D eigenvalue weighted by atomic mass is 9.80. The van der Waals surface area contributed by atoms with Crippen LogP contribution in [0.1, 0.15) is 42.7 Å². The second kappa shape index (κ2) is 5.35. The van der Waals surface area contributed by atoms with Gasteiger partial charge in [0, 0.05) is 0 Å². The van der Waals surface area contributed by atoms with Crippen molar-refractivity contribution in [3.8, 4) is 5.75 Å². The molecule has 88 valence electrons. The number of hydrogen-bond donors (Lipinski definition) is 1. The summed E-state index contributed by atoms with van der Waals surface area (Å²) in [6.07, 6.45) is 6.10. The Balaban J connectivity index is 2.24. The number of hydrogen-bond acceptors (Lipinski definition) is 2. The quantitative estimate of drug-likeness (QED) is 0.845. The van der Waals surface area contributed by atoms with Gasteiger partial charge in [0.2, 0.25) is 0 Å². The van der Waals surface area contributed by atoms with E-state index >= 15 is 0 Å². The van der Waals surface area contributed by atoms with Crippen molar-refractivity contribution in [2.24, 2.45) is 5.73 Å². The number of fused-ring (bicyclic) bond motifs is 1. The molecule has 0 fully saturated rings. The third kappa shape index (κ3) is 2.22. The Morgan fingerprint density at radius 1 is 1.44 bits per heavy atom. The molecule has 0 radical (unpaired) electrons. The van der Waals surface area contributed by atoms with Gasteiger partial charge in [0.15, 0.2) is 0 Å². The summed E-state index contributed by atoms with van der Waals surface area (Å²) in [5.74, 6) is 1.76. The summed E-state index contributed by atoms with van der Waals surface area (Å²) in [7, 11) is 1.76. The molecule has 1 aromatic carbocycles. The standard InChI is InChI=1S/C14H21NO/c1-16-14-9-3-7-12-11(6-4-10-15)5-2-8-13(12)14/h3,7,9,11H,2,4-6,8,10,15H2,1H3/t11-/m1/s1. The van der Waals surface area contributed by atoms with Crippen molar-refractivity contribution in [3.05, 3.63) is 29.3 Å². The fourth-order valence-corrected chi connectivity index (χ4v) is 2.77. The second-order valence-corrected chi connectivity index (χ2v) is 4.55. The van der Waals surface area contributed by atoms with Crippen LogP contribution in [-0.4, -0.2) is 13.7 Å². The van der Waals surface area contributed by atoms with Crippen LogP contribution in [0, 0.1) is 0 Å². The topological polar surface area (TPSA) is 35.2 Å². The Hall–Kier alpha value is -1.02. The van der Waals surface area contributed by atoms with Gasteiger partial charge >= 0.3 is 0 Å². The fraction of sp³-hybridized carbons (Fsp3) is 0.571. The SMILES string of the molecule is COc1cccc2c1CCC[C@@H]2CCCN. The number of nitrogens with two attached hydrogens (primary N) is 1. The highest BCUT2D eigenvalue weighted by atomic mass is 16.5. The summed E-state index contributed by atoms with van der Waals surface area (Å²) in [6, 6.07) is 6.45. The molecule has 1 aliphatic rings. The van der Waals surface area contributed by atoms with E-state index in [0.29, 0.717) is 5.92 Å².